The molecule has 0 bridgehead atoms. The van der Waals surface area contributed by atoms with Crippen LogP contribution in [0.1, 0.15) is 22.3 Å². The summed E-state index contributed by atoms with van der Waals surface area (Å²) in [6.07, 6.45) is 8.70. The summed E-state index contributed by atoms with van der Waals surface area (Å²) in [5.41, 5.74) is 5.30. The Balaban J connectivity index is 1.74. The normalized spacial score (nSPS) is 15.1. The highest BCUT2D eigenvalue weighted by molar-refractivity contribution is 5.33. The molecule has 0 radical (unpaired) electrons. The van der Waals surface area contributed by atoms with Gasteiger partial charge in [0.2, 0.25) is 0 Å². The Morgan fingerprint density at radius 2 is 2.05 bits per heavy atom. The molecule has 1 aliphatic heterocycles. The van der Waals surface area contributed by atoms with Gasteiger partial charge in [0.15, 0.2) is 0 Å². The van der Waals surface area contributed by atoms with E-state index in [2.05, 4.69) is 27.0 Å². The first-order valence-corrected chi connectivity index (χ1v) is 6.91. The summed E-state index contributed by atoms with van der Waals surface area (Å²) < 4.78 is 5.26. The van der Waals surface area contributed by atoms with Gasteiger partial charge < -0.3 is 4.74 Å². The van der Waals surface area contributed by atoms with Crippen molar-refractivity contribution >= 4 is 0 Å². The van der Waals surface area contributed by atoms with Crippen molar-refractivity contribution in [1.29, 1.82) is 0 Å². The lowest BCUT2D eigenvalue weighted by Crippen LogP contribution is -2.31. The maximum Gasteiger partial charge on any atom is 0.0730 e. The second-order valence-corrected chi connectivity index (χ2v) is 5.19. The highest BCUT2D eigenvalue weighted by atomic mass is 16.5. The van der Waals surface area contributed by atoms with Crippen LogP contribution in [0.15, 0.2) is 36.9 Å². The highest BCUT2D eigenvalue weighted by Gasteiger charge is 2.19. The van der Waals surface area contributed by atoms with E-state index in [4.69, 9.17) is 4.74 Å². The molecular weight excluding hydrogens is 250 g/mol. The third-order valence-electron chi connectivity index (χ3n) is 3.76. The van der Waals surface area contributed by atoms with Crippen molar-refractivity contribution in [3.8, 4) is 0 Å². The lowest BCUT2D eigenvalue weighted by Gasteiger charge is -2.29. The number of pyridine rings is 2. The third-order valence-corrected chi connectivity index (χ3v) is 3.76. The fraction of sp³-hybridized carbons (Fsp3) is 0.375. The van der Waals surface area contributed by atoms with Crippen LogP contribution < -0.4 is 0 Å². The molecular formula is C16H19N3O. The average Bonchev–Trinajstić information content (AvgIpc) is 2.49. The number of aromatic nitrogens is 2. The Labute approximate surface area is 119 Å². The van der Waals surface area contributed by atoms with Gasteiger partial charge in [-0.25, -0.2) is 0 Å². The summed E-state index contributed by atoms with van der Waals surface area (Å²) in [4.78, 5) is 10.9. The second-order valence-electron chi connectivity index (χ2n) is 5.19. The van der Waals surface area contributed by atoms with Crippen LogP contribution in [0.5, 0.6) is 0 Å². The SMILES string of the molecule is COCc1cncc2c1CCN(Cc1ccncc1)C2. The zero-order valence-electron chi connectivity index (χ0n) is 11.7. The molecule has 4 heteroatoms. The van der Waals surface area contributed by atoms with Crippen LogP contribution >= 0.6 is 0 Å². The molecule has 0 spiro atoms. The van der Waals surface area contributed by atoms with E-state index < -0.39 is 0 Å². The Kier molecular flexibility index (Phi) is 4.04. The number of methoxy groups -OCH3 is 1. The van der Waals surface area contributed by atoms with Crippen molar-refractivity contribution in [3.05, 3.63) is 59.2 Å². The molecule has 3 heterocycles. The van der Waals surface area contributed by atoms with Crippen molar-refractivity contribution in [2.24, 2.45) is 0 Å². The van der Waals surface area contributed by atoms with E-state index in [9.17, 15) is 0 Å². The minimum atomic E-state index is 0.653. The maximum absolute atomic E-state index is 5.26. The van der Waals surface area contributed by atoms with Crippen LogP contribution in [0.25, 0.3) is 0 Å². The molecule has 2 aromatic heterocycles. The number of nitrogens with zero attached hydrogens (tertiary/aromatic N) is 3. The molecule has 1 aliphatic rings. The summed E-state index contributed by atoms with van der Waals surface area (Å²) in [6.45, 7) is 3.66. The van der Waals surface area contributed by atoms with Gasteiger partial charge in [-0.3, -0.25) is 14.9 Å². The molecule has 20 heavy (non-hydrogen) atoms. The molecule has 0 aliphatic carbocycles. The summed E-state index contributed by atoms with van der Waals surface area (Å²) in [7, 11) is 1.73. The first-order chi connectivity index (χ1) is 9.86. The minimum Gasteiger partial charge on any atom is -0.380 e. The Hall–Kier alpha value is -1.78. The Morgan fingerprint density at radius 1 is 1.20 bits per heavy atom. The smallest absolute Gasteiger partial charge is 0.0730 e. The van der Waals surface area contributed by atoms with Gasteiger partial charge in [-0.05, 0) is 40.8 Å². The molecule has 0 unspecified atom stereocenters. The van der Waals surface area contributed by atoms with Gasteiger partial charge in [-0.2, -0.15) is 0 Å². The van der Waals surface area contributed by atoms with Gasteiger partial charge in [0, 0.05) is 51.5 Å². The van der Waals surface area contributed by atoms with Crippen LogP contribution in [-0.2, 0) is 30.9 Å². The second kappa shape index (κ2) is 6.11. The Bertz CT molecular complexity index is 571. The number of rotatable bonds is 4. The molecule has 0 N–H and O–H groups in total. The van der Waals surface area contributed by atoms with E-state index in [1.165, 1.54) is 22.3 Å². The quantitative estimate of drug-likeness (QED) is 0.852. The molecule has 0 saturated heterocycles. The van der Waals surface area contributed by atoms with Crippen molar-refractivity contribution < 1.29 is 4.74 Å². The molecule has 2 aromatic rings. The van der Waals surface area contributed by atoms with Gasteiger partial charge in [-0.15, -0.1) is 0 Å². The fourth-order valence-electron chi connectivity index (χ4n) is 2.79. The van der Waals surface area contributed by atoms with Crippen molar-refractivity contribution in [2.45, 2.75) is 26.1 Å². The monoisotopic (exact) mass is 269 g/mol. The lowest BCUT2D eigenvalue weighted by atomic mass is 9.97. The van der Waals surface area contributed by atoms with Gasteiger partial charge in [0.1, 0.15) is 0 Å². The first-order valence-electron chi connectivity index (χ1n) is 6.91. The zero-order chi connectivity index (χ0) is 13.8. The van der Waals surface area contributed by atoms with E-state index in [0.29, 0.717) is 6.61 Å². The van der Waals surface area contributed by atoms with Crippen molar-refractivity contribution in [2.75, 3.05) is 13.7 Å². The number of fused-ring (bicyclic) bond motifs is 1. The summed E-state index contributed by atoms with van der Waals surface area (Å²) in [5.74, 6) is 0. The predicted molar refractivity (Wildman–Crippen MR) is 77.0 cm³/mol. The number of ether oxygens (including phenoxy) is 1. The molecule has 3 rings (SSSR count). The van der Waals surface area contributed by atoms with Gasteiger partial charge in [0.25, 0.3) is 0 Å². The summed E-state index contributed by atoms with van der Waals surface area (Å²) >= 11 is 0. The Morgan fingerprint density at radius 3 is 2.85 bits per heavy atom. The van der Waals surface area contributed by atoms with E-state index in [0.717, 1.165) is 26.1 Å². The van der Waals surface area contributed by atoms with Crippen LogP contribution in [0.2, 0.25) is 0 Å². The molecule has 0 amide bonds. The molecule has 0 aromatic carbocycles. The first kappa shape index (κ1) is 13.2. The number of hydrogen-bond donors (Lipinski definition) is 0. The van der Waals surface area contributed by atoms with Gasteiger partial charge in [-0.1, -0.05) is 0 Å². The van der Waals surface area contributed by atoms with Crippen LogP contribution in [-0.4, -0.2) is 28.5 Å². The molecule has 104 valence electrons. The maximum atomic E-state index is 5.26. The van der Waals surface area contributed by atoms with E-state index >= 15 is 0 Å². The molecule has 0 saturated carbocycles. The zero-order valence-corrected chi connectivity index (χ0v) is 11.7. The summed E-state index contributed by atoms with van der Waals surface area (Å²) in [6, 6.07) is 4.16. The van der Waals surface area contributed by atoms with E-state index in [1.807, 2.05) is 24.8 Å². The van der Waals surface area contributed by atoms with Crippen LogP contribution in [0.4, 0.5) is 0 Å². The highest BCUT2D eigenvalue weighted by Crippen LogP contribution is 2.23. The number of hydrogen-bond acceptors (Lipinski definition) is 4. The molecule has 0 fully saturated rings. The average molecular weight is 269 g/mol. The van der Waals surface area contributed by atoms with Crippen molar-refractivity contribution in [1.82, 2.24) is 14.9 Å². The van der Waals surface area contributed by atoms with E-state index in [-0.39, 0.29) is 0 Å². The minimum absolute atomic E-state index is 0.653. The van der Waals surface area contributed by atoms with Gasteiger partial charge in [0.05, 0.1) is 6.61 Å². The summed E-state index contributed by atoms with van der Waals surface area (Å²) in [5, 5.41) is 0. The van der Waals surface area contributed by atoms with Gasteiger partial charge >= 0.3 is 0 Å². The topological polar surface area (TPSA) is 38.2 Å². The van der Waals surface area contributed by atoms with Crippen LogP contribution in [0, 0.1) is 0 Å². The lowest BCUT2D eigenvalue weighted by molar-refractivity contribution is 0.181. The predicted octanol–water partition coefficient (Wildman–Crippen LogP) is 2.18. The largest absolute Gasteiger partial charge is 0.380 e. The standard InChI is InChI=1S/C16H19N3O/c1-20-12-15-9-18-8-14-11-19(7-4-16(14)15)10-13-2-5-17-6-3-13/h2-3,5-6,8-9H,4,7,10-12H2,1H3. The fourth-order valence-corrected chi connectivity index (χ4v) is 2.79. The van der Waals surface area contributed by atoms with E-state index in [1.54, 1.807) is 7.11 Å². The van der Waals surface area contributed by atoms with Crippen LogP contribution in [0.3, 0.4) is 0 Å². The molecule has 4 nitrogen and oxygen atoms in total. The third kappa shape index (κ3) is 2.86. The van der Waals surface area contributed by atoms with Crippen molar-refractivity contribution in [3.63, 3.8) is 0 Å². The molecule has 0 atom stereocenters.